The third kappa shape index (κ3) is 1.98. The van der Waals surface area contributed by atoms with Gasteiger partial charge in [-0.05, 0) is 17.3 Å². The normalized spacial score (nSPS) is 9.93. The minimum atomic E-state index is 0.0207. The van der Waals surface area contributed by atoms with Gasteiger partial charge in [0.25, 0.3) is 5.95 Å². The summed E-state index contributed by atoms with van der Waals surface area (Å²) in [5, 5.41) is 6.53. The molecule has 0 amide bonds. The lowest BCUT2D eigenvalue weighted by Crippen LogP contribution is -1.95. The molecule has 78 valence electrons. The van der Waals surface area contributed by atoms with Crippen LogP contribution in [-0.2, 0) is 0 Å². The molecular formula is C9H10N4O2. The SMILES string of the molecule is COc1ccccc1Nc1noc(N)n1. The number of methoxy groups -OCH3 is 1. The summed E-state index contributed by atoms with van der Waals surface area (Å²) in [6.07, 6.45) is 0. The molecular weight excluding hydrogens is 196 g/mol. The van der Waals surface area contributed by atoms with Crippen LogP contribution in [-0.4, -0.2) is 17.3 Å². The minimum Gasteiger partial charge on any atom is -0.495 e. The number of nitrogen functional groups attached to an aromatic ring is 1. The molecule has 0 atom stereocenters. The molecule has 0 aliphatic heterocycles. The molecule has 2 aromatic rings. The fraction of sp³-hybridized carbons (Fsp3) is 0.111. The number of ether oxygens (including phenoxy) is 1. The van der Waals surface area contributed by atoms with Gasteiger partial charge in [0.2, 0.25) is 0 Å². The Hall–Kier alpha value is -2.24. The highest BCUT2D eigenvalue weighted by Gasteiger charge is 2.06. The average Bonchev–Trinajstić information content (AvgIpc) is 2.65. The predicted octanol–water partition coefficient (Wildman–Crippen LogP) is 1.40. The first-order chi connectivity index (χ1) is 7.29. The smallest absolute Gasteiger partial charge is 0.320 e. The topological polar surface area (TPSA) is 86.2 Å². The van der Waals surface area contributed by atoms with Crippen LogP contribution in [0.5, 0.6) is 5.75 Å². The Morgan fingerprint density at radius 3 is 2.87 bits per heavy atom. The van der Waals surface area contributed by atoms with Crippen molar-refractivity contribution in [1.29, 1.82) is 0 Å². The van der Waals surface area contributed by atoms with Crippen LogP contribution in [0.2, 0.25) is 0 Å². The molecule has 0 bridgehead atoms. The minimum absolute atomic E-state index is 0.0207. The first kappa shape index (κ1) is 9.32. The van der Waals surface area contributed by atoms with Gasteiger partial charge in [-0.2, -0.15) is 4.98 Å². The lowest BCUT2D eigenvalue weighted by Gasteiger charge is -2.06. The van der Waals surface area contributed by atoms with Crippen LogP contribution < -0.4 is 15.8 Å². The van der Waals surface area contributed by atoms with E-state index in [1.165, 1.54) is 0 Å². The van der Waals surface area contributed by atoms with Crippen molar-refractivity contribution in [3.8, 4) is 5.75 Å². The first-order valence-electron chi connectivity index (χ1n) is 4.29. The third-order valence-corrected chi connectivity index (χ3v) is 1.80. The Morgan fingerprint density at radius 1 is 1.40 bits per heavy atom. The van der Waals surface area contributed by atoms with E-state index in [1.54, 1.807) is 7.11 Å². The molecule has 2 rings (SSSR count). The van der Waals surface area contributed by atoms with E-state index in [9.17, 15) is 0 Å². The van der Waals surface area contributed by atoms with Crippen molar-refractivity contribution in [3.05, 3.63) is 24.3 Å². The standard InChI is InChI=1S/C9H10N4O2/c1-14-7-5-3-2-4-6(7)11-9-12-8(10)15-13-9/h2-5H,1H3,(H3,10,11,12,13). The number of benzene rings is 1. The van der Waals surface area contributed by atoms with Gasteiger partial charge in [-0.3, -0.25) is 0 Å². The van der Waals surface area contributed by atoms with E-state index in [0.29, 0.717) is 11.7 Å². The van der Waals surface area contributed by atoms with Crippen LogP contribution >= 0.6 is 0 Å². The van der Waals surface area contributed by atoms with Crippen LogP contribution in [0.1, 0.15) is 0 Å². The molecule has 6 heteroatoms. The zero-order valence-electron chi connectivity index (χ0n) is 8.10. The highest BCUT2D eigenvalue weighted by molar-refractivity contribution is 5.62. The molecule has 15 heavy (non-hydrogen) atoms. The molecule has 0 aliphatic carbocycles. The van der Waals surface area contributed by atoms with Crippen LogP contribution in [0, 0.1) is 0 Å². The van der Waals surface area contributed by atoms with Crippen molar-refractivity contribution in [3.63, 3.8) is 0 Å². The third-order valence-electron chi connectivity index (χ3n) is 1.80. The molecule has 0 radical (unpaired) electrons. The maximum absolute atomic E-state index is 5.29. The van der Waals surface area contributed by atoms with Crippen molar-refractivity contribution < 1.29 is 9.26 Å². The molecule has 1 aromatic heterocycles. The summed E-state index contributed by atoms with van der Waals surface area (Å²) >= 11 is 0. The van der Waals surface area contributed by atoms with E-state index in [2.05, 4.69) is 20.0 Å². The van der Waals surface area contributed by atoms with Gasteiger partial charge in [0.15, 0.2) is 0 Å². The summed E-state index contributed by atoms with van der Waals surface area (Å²) in [5.41, 5.74) is 6.04. The quantitative estimate of drug-likeness (QED) is 0.789. The van der Waals surface area contributed by atoms with E-state index in [1.807, 2.05) is 24.3 Å². The highest BCUT2D eigenvalue weighted by Crippen LogP contribution is 2.25. The number of hydrogen-bond donors (Lipinski definition) is 2. The Labute approximate surface area is 86.0 Å². The monoisotopic (exact) mass is 206 g/mol. The number of nitrogens with zero attached hydrogens (tertiary/aromatic N) is 2. The Bertz CT molecular complexity index is 455. The van der Waals surface area contributed by atoms with Crippen molar-refractivity contribution in [1.82, 2.24) is 10.1 Å². The second kappa shape index (κ2) is 3.87. The van der Waals surface area contributed by atoms with Gasteiger partial charge in [0.1, 0.15) is 5.75 Å². The number of anilines is 3. The van der Waals surface area contributed by atoms with E-state index in [-0.39, 0.29) is 6.01 Å². The lowest BCUT2D eigenvalue weighted by atomic mass is 10.3. The lowest BCUT2D eigenvalue weighted by molar-refractivity contribution is 0.416. The zero-order valence-corrected chi connectivity index (χ0v) is 8.10. The van der Waals surface area contributed by atoms with Gasteiger partial charge >= 0.3 is 6.01 Å². The molecule has 0 spiro atoms. The Morgan fingerprint density at radius 2 is 2.20 bits per heavy atom. The predicted molar refractivity (Wildman–Crippen MR) is 55.0 cm³/mol. The molecule has 3 N–H and O–H groups in total. The zero-order chi connectivity index (χ0) is 10.7. The molecule has 6 nitrogen and oxygen atoms in total. The van der Waals surface area contributed by atoms with Crippen molar-refractivity contribution in [2.24, 2.45) is 0 Å². The molecule has 0 aliphatic rings. The average molecular weight is 206 g/mol. The Kier molecular flexibility index (Phi) is 2.40. The van der Waals surface area contributed by atoms with Gasteiger partial charge in [-0.1, -0.05) is 12.1 Å². The van der Waals surface area contributed by atoms with Gasteiger partial charge < -0.3 is 20.3 Å². The van der Waals surface area contributed by atoms with Crippen LogP contribution in [0.4, 0.5) is 17.7 Å². The van der Waals surface area contributed by atoms with Gasteiger partial charge in [-0.25, -0.2) is 0 Å². The van der Waals surface area contributed by atoms with Crippen molar-refractivity contribution in [2.75, 3.05) is 18.2 Å². The molecule has 1 aromatic carbocycles. The first-order valence-corrected chi connectivity index (χ1v) is 4.29. The van der Waals surface area contributed by atoms with Crippen molar-refractivity contribution >= 4 is 17.7 Å². The molecule has 0 fully saturated rings. The van der Waals surface area contributed by atoms with E-state index >= 15 is 0 Å². The summed E-state index contributed by atoms with van der Waals surface area (Å²) < 4.78 is 9.77. The Balaban J connectivity index is 2.23. The molecule has 1 heterocycles. The fourth-order valence-corrected chi connectivity index (χ4v) is 1.15. The van der Waals surface area contributed by atoms with Gasteiger partial charge in [0.05, 0.1) is 12.8 Å². The number of aromatic nitrogens is 2. The van der Waals surface area contributed by atoms with E-state index in [4.69, 9.17) is 10.5 Å². The van der Waals surface area contributed by atoms with Crippen LogP contribution in [0.15, 0.2) is 28.8 Å². The molecule has 0 unspecified atom stereocenters. The molecule has 0 saturated heterocycles. The summed E-state index contributed by atoms with van der Waals surface area (Å²) in [5.74, 6) is 0.998. The number of para-hydroxylation sites is 2. The van der Waals surface area contributed by atoms with E-state index in [0.717, 1.165) is 5.69 Å². The number of nitrogens with two attached hydrogens (primary N) is 1. The fourth-order valence-electron chi connectivity index (χ4n) is 1.15. The maximum atomic E-state index is 5.29. The summed E-state index contributed by atoms with van der Waals surface area (Å²) in [6, 6.07) is 7.42. The second-order valence-electron chi connectivity index (χ2n) is 2.78. The van der Waals surface area contributed by atoms with Crippen LogP contribution in [0.25, 0.3) is 0 Å². The van der Waals surface area contributed by atoms with Crippen molar-refractivity contribution in [2.45, 2.75) is 0 Å². The summed E-state index contributed by atoms with van der Waals surface area (Å²) in [6.45, 7) is 0. The van der Waals surface area contributed by atoms with Gasteiger partial charge in [-0.15, -0.1) is 0 Å². The summed E-state index contributed by atoms with van der Waals surface area (Å²) in [7, 11) is 1.59. The largest absolute Gasteiger partial charge is 0.495 e. The molecule has 0 saturated carbocycles. The number of rotatable bonds is 3. The van der Waals surface area contributed by atoms with E-state index < -0.39 is 0 Å². The number of hydrogen-bond acceptors (Lipinski definition) is 6. The van der Waals surface area contributed by atoms with Crippen LogP contribution in [0.3, 0.4) is 0 Å². The maximum Gasteiger partial charge on any atom is 0.320 e. The number of nitrogens with one attached hydrogen (secondary N) is 1. The van der Waals surface area contributed by atoms with Gasteiger partial charge in [0, 0.05) is 0 Å². The summed E-state index contributed by atoms with van der Waals surface area (Å²) in [4.78, 5) is 3.81. The highest BCUT2D eigenvalue weighted by atomic mass is 16.5. The second-order valence-corrected chi connectivity index (χ2v) is 2.78.